The Morgan fingerprint density at radius 1 is 1.27 bits per heavy atom. The molecule has 2 bridgehead atoms. The topological polar surface area (TPSA) is 135 Å². The second-order valence-corrected chi connectivity index (χ2v) is 13.0. The number of hydrogen-bond donors (Lipinski definition) is 3. The molecule has 1 aromatic carbocycles. The number of H-pyrrole nitrogens is 1. The van der Waals surface area contributed by atoms with E-state index in [1.165, 1.54) is 36.6 Å². The summed E-state index contributed by atoms with van der Waals surface area (Å²) in [5.74, 6) is 0.0102. The van der Waals surface area contributed by atoms with Gasteiger partial charge in [0.05, 0.1) is 28.1 Å². The van der Waals surface area contributed by atoms with Crippen molar-refractivity contribution >= 4 is 35.4 Å². The van der Waals surface area contributed by atoms with Crippen LogP contribution >= 0.6 is 7.14 Å². The van der Waals surface area contributed by atoms with Crippen molar-refractivity contribution in [2.24, 2.45) is 0 Å². The molecule has 13 heteroatoms. The van der Waals surface area contributed by atoms with E-state index in [2.05, 4.69) is 20.3 Å². The van der Waals surface area contributed by atoms with Crippen LogP contribution in [-0.2, 0) is 10.7 Å². The van der Waals surface area contributed by atoms with Gasteiger partial charge in [0.2, 0.25) is 5.95 Å². The number of aromatic amines is 1. The molecule has 2 aliphatic heterocycles. The van der Waals surface area contributed by atoms with Gasteiger partial charge in [0.1, 0.15) is 12.7 Å². The van der Waals surface area contributed by atoms with Crippen molar-refractivity contribution in [3.8, 4) is 17.3 Å². The van der Waals surface area contributed by atoms with E-state index in [-0.39, 0.29) is 46.2 Å². The van der Waals surface area contributed by atoms with E-state index < -0.39 is 25.0 Å². The predicted octanol–water partition coefficient (Wildman–Crippen LogP) is 4.85. The number of alkyl halides is 3. The lowest BCUT2D eigenvalue weighted by Gasteiger charge is -2.37. The molecule has 3 atom stereocenters. The van der Waals surface area contributed by atoms with Crippen LogP contribution in [0.25, 0.3) is 22.2 Å². The van der Waals surface area contributed by atoms with Gasteiger partial charge in [-0.15, -0.1) is 0 Å². The average molecular weight is 532 g/mol. The number of hydrogen-bond acceptors (Lipinski definition) is 6. The minimum atomic E-state index is -4.73. The maximum atomic E-state index is 14.0. The number of nitrogens with zero attached hydrogens (tertiary/aromatic N) is 4. The smallest absolute Gasteiger partial charge is 0.419 e. The van der Waals surface area contributed by atoms with Crippen LogP contribution in [0.5, 0.6) is 0 Å². The molecular formula is C24H24F3N6O3P. The third-order valence-electron chi connectivity index (χ3n) is 7.12. The van der Waals surface area contributed by atoms with Crippen LogP contribution in [-0.4, -0.2) is 62.5 Å². The number of halogens is 3. The van der Waals surface area contributed by atoms with Gasteiger partial charge in [0.25, 0.3) is 0 Å². The van der Waals surface area contributed by atoms with Crippen molar-refractivity contribution in [1.82, 2.24) is 19.9 Å². The summed E-state index contributed by atoms with van der Waals surface area (Å²) < 4.78 is 54.9. The fraction of sp³-hybridized carbons (Fsp3) is 0.417. The molecule has 9 nitrogen and oxygen atoms in total. The molecule has 194 valence electrons. The van der Waals surface area contributed by atoms with Gasteiger partial charge in [-0.3, -0.25) is 0 Å². The quantitative estimate of drug-likeness (QED) is 0.409. The van der Waals surface area contributed by atoms with E-state index in [0.29, 0.717) is 23.7 Å². The Morgan fingerprint density at radius 2 is 1.95 bits per heavy atom. The van der Waals surface area contributed by atoms with Crippen LogP contribution in [0.3, 0.4) is 0 Å². The minimum Gasteiger partial charge on any atom is -0.465 e. The molecular weight excluding hydrogens is 508 g/mol. The van der Waals surface area contributed by atoms with Crippen LogP contribution < -0.4 is 10.6 Å². The zero-order valence-electron chi connectivity index (χ0n) is 20.0. The SMILES string of the molecule is CP(C)(=O)c1c(C#N)ccc2c(-c3nc(NC4C[C@H]5CC[C@@H](C4)N5C(=O)O)ncc3C(F)(F)F)c[nH]c12. The summed E-state index contributed by atoms with van der Waals surface area (Å²) in [7, 11) is -2.96. The fourth-order valence-corrected chi connectivity index (χ4v) is 7.11. The van der Waals surface area contributed by atoms with Gasteiger partial charge in [0, 0.05) is 41.5 Å². The summed E-state index contributed by atoms with van der Waals surface area (Å²) in [4.78, 5) is 24.1. The van der Waals surface area contributed by atoms with E-state index in [1.807, 2.05) is 6.07 Å². The molecule has 0 spiro atoms. The second kappa shape index (κ2) is 8.77. The molecule has 3 N–H and O–H groups in total. The summed E-state index contributed by atoms with van der Waals surface area (Å²) >= 11 is 0. The lowest BCUT2D eigenvalue weighted by atomic mass is 9.98. The highest BCUT2D eigenvalue weighted by molar-refractivity contribution is 7.70. The molecule has 1 unspecified atom stereocenters. The van der Waals surface area contributed by atoms with Gasteiger partial charge in [-0.05, 0) is 45.1 Å². The molecule has 0 saturated carbocycles. The van der Waals surface area contributed by atoms with E-state index in [1.54, 1.807) is 0 Å². The van der Waals surface area contributed by atoms with Gasteiger partial charge < -0.3 is 24.9 Å². The normalized spacial score (nSPS) is 21.7. The number of aromatic nitrogens is 3. The first-order valence-corrected chi connectivity index (χ1v) is 14.3. The second-order valence-electron chi connectivity index (χ2n) is 9.89. The molecule has 2 aliphatic rings. The molecule has 2 fully saturated rings. The Kier molecular flexibility index (Phi) is 5.94. The molecule has 37 heavy (non-hydrogen) atoms. The number of carboxylic acid groups (broad SMARTS) is 1. The number of piperidine rings is 1. The van der Waals surface area contributed by atoms with Gasteiger partial charge >= 0.3 is 12.3 Å². The highest BCUT2D eigenvalue weighted by Crippen LogP contribution is 2.43. The van der Waals surface area contributed by atoms with Crippen LogP contribution in [0.2, 0.25) is 0 Å². The van der Waals surface area contributed by atoms with Crippen LogP contribution in [0.1, 0.15) is 36.8 Å². The zero-order chi connectivity index (χ0) is 26.7. The number of fused-ring (bicyclic) bond motifs is 3. The number of rotatable bonds is 4. The van der Waals surface area contributed by atoms with Gasteiger partial charge in [-0.1, -0.05) is 6.07 Å². The van der Waals surface area contributed by atoms with E-state index in [4.69, 9.17) is 0 Å². The largest absolute Gasteiger partial charge is 0.465 e. The Morgan fingerprint density at radius 3 is 2.51 bits per heavy atom. The first-order valence-electron chi connectivity index (χ1n) is 11.7. The summed E-state index contributed by atoms with van der Waals surface area (Å²) in [6.45, 7) is 3.00. The van der Waals surface area contributed by atoms with Crippen molar-refractivity contribution < 1.29 is 27.6 Å². The van der Waals surface area contributed by atoms with Crippen molar-refractivity contribution in [2.75, 3.05) is 18.6 Å². The van der Waals surface area contributed by atoms with E-state index in [9.17, 15) is 32.9 Å². The summed E-state index contributed by atoms with van der Waals surface area (Å²) in [6, 6.07) is 4.50. The Hall–Kier alpha value is -3.58. The zero-order valence-corrected chi connectivity index (χ0v) is 20.9. The number of nitriles is 1. The van der Waals surface area contributed by atoms with Crippen LogP contribution in [0.15, 0.2) is 24.5 Å². The highest BCUT2D eigenvalue weighted by Gasteiger charge is 2.44. The third-order valence-corrected chi connectivity index (χ3v) is 8.67. The molecule has 2 aromatic heterocycles. The van der Waals surface area contributed by atoms with Crippen molar-refractivity contribution in [3.63, 3.8) is 0 Å². The highest BCUT2D eigenvalue weighted by atomic mass is 31.2. The Balaban J connectivity index is 1.56. The first-order chi connectivity index (χ1) is 17.4. The Bertz CT molecular complexity index is 1480. The minimum absolute atomic E-state index is 0.0102. The maximum Gasteiger partial charge on any atom is 0.419 e. The Labute approximate surface area is 210 Å². The van der Waals surface area contributed by atoms with Gasteiger partial charge in [0.15, 0.2) is 0 Å². The molecule has 3 aromatic rings. The van der Waals surface area contributed by atoms with E-state index in [0.717, 1.165) is 19.0 Å². The number of benzene rings is 1. The molecule has 5 rings (SSSR count). The molecule has 4 heterocycles. The molecule has 2 saturated heterocycles. The summed E-state index contributed by atoms with van der Waals surface area (Å²) in [5, 5.41) is 22.7. The third kappa shape index (κ3) is 4.42. The monoisotopic (exact) mass is 532 g/mol. The average Bonchev–Trinajstić information content (AvgIpc) is 3.35. The van der Waals surface area contributed by atoms with E-state index >= 15 is 0 Å². The summed E-state index contributed by atoms with van der Waals surface area (Å²) in [5.41, 5.74) is -0.701. The molecule has 1 amide bonds. The van der Waals surface area contributed by atoms with Gasteiger partial charge in [-0.2, -0.15) is 18.4 Å². The summed E-state index contributed by atoms with van der Waals surface area (Å²) in [6.07, 6.45) is -1.07. The number of anilines is 1. The standard InChI is InChI=1S/C24H24F3N6O3P/c1-37(2,36)21-12(9-28)3-6-16-17(10-29-20(16)21)19-18(24(25,26)27)11-30-22(32-19)31-13-7-14-4-5-15(8-13)33(14)23(34)35/h3,6,10-11,13-15,29H,4-5,7-8H2,1-2H3,(H,34,35)(H,30,31,32)/t13?,14-,15+. The predicted molar refractivity (Wildman–Crippen MR) is 131 cm³/mol. The lowest BCUT2D eigenvalue weighted by Crippen LogP contribution is -2.49. The first kappa shape index (κ1) is 25.1. The number of nitrogens with one attached hydrogen (secondary N) is 2. The fourth-order valence-electron chi connectivity index (χ4n) is 5.68. The number of carbonyl (C=O) groups is 1. The van der Waals surface area contributed by atoms with Crippen molar-refractivity contribution in [3.05, 3.63) is 35.7 Å². The number of amides is 1. The van der Waals surface area contributed by atoms with Gasteiger partial charge in [-0.25, -0.2) is 14.8 Å². The van der Waals surface area contributed by atoms with Crippen molar-refractivity contribution in [1.29, 1.82) is 5.26 Å². The molecule has 0 radical (unpaired) electrons. The molecule has 0 aliphatic carbocycles. The lowest BCUT2D eigenvalue weighted by molar-refractivity contribution is -0.137. The van der Waals surface area contributed by atoms with Crippen LogP contribution in [0, 0.1) is 11.3 Å². The van der Waals surface area contributed by atoms with Crippen molar-refractivity contribution in [2.45, 2.75) is 50.0 Å². The maximum absolute atomic E-state index is 14.0. The van der Waals surface area contributed by atoms with Crippen LogP contribution in [0.4, 0.5) is 23.9 Å².